The van der Waals surface area contributed by atoms with Crippen molar-refractivity contribution in [2.24, 2.45) is 0 Å². The lowest BCUT2D eigenvalue weighted by atomic mass is 10.2. The molecule has 10 heteroatoms. The molecule has 0 aliphatic carbocycles. The third kappa shape index (κ3) is 4.57. The van der Waals surface area contributed by atoms with Gasteiger partial charge in [0.2, 0.25) is 0 Å². The minimum Gasteiger partial charge on any atom is -0.484 e. The molecule has 0 aliphatic heterocycles. The number of rotatable bonds is 7. The van der Waals surface area contributed by atoms with E-state index in [1.807, 2.05) is 6.92 Å². The molecule has 1 aromatic carbocycles. The summed E-state index contributed by atoms with van der Waals surface area (Å²) in [6.07, 6.45) is 1.67. The van der Waals surface area contributed by atoms with E-state index in [4.69, 9.17) is 20.9 Å². The maximum atomic E-state index is 11.9. The summed E-state index contributed by atoms with van der Waals surface area (Å²) in [6.45, 7) is 4.35. The SMILES string of the molecule is Cc1noc(-c2cn(CCNC(=O)COc3ccc(Cl)cc3C)nn2)n1. The van der Waals surface area contributed by atoms with Gasteiger partial charge in [-0.25, -0.2) is 4.68 Å². The molecule has 0 aliphatic rings. The van der Waals surface area contributed by atoms with Crippen LogP contribution in [-0.4, -0.2) is 44.2 Å². The van der Waals surface area contributed by atoms with Gasteiger partial charge in [-0.1, -0.05) is 22.0 Å². The highest BCUT2D eigenvalue weighted by Gasteiger charge is 2.11. The van der Waals surface area contributed by atoms with Gasteiger partial charge in [0.05, 0.1) is 12.7 Å². The summed E-state index contributed by atoms with van der Waals surface area (Å²) in [7, 11) is 0. The lowest BCUT2D eigenvalue weighted by Gasteiger charge is -2.09. The minimum absolute atomic E-state index is 0.0770. The van der Waals surface area contributed by atoms with Crippen molar-refractivity contribution in [3.63, 3.8) is 0 Å². The highest BCUT2D eigenvalue weighted by molar-refractivity contribution is 6.30. The van der Waals surface area contributed by atoms with Crippen LogP contribution in [0.15, 0.2) is 28.9 Å². The second-order valence-corrected chi connectivity index (χ2v) is 6.00. The normalized spacial score (nSPS) is 10.7. The van der Waals surface area contributed by atoms with E-state index in [-0.39, 0.29) is 12.5 Å². The van der Waals surface area contributed by atoms with Gasteiger partial charge in [0.25, 0.3) is 11.8 Å². The van der Waals surface area contributed by atoms with Crippen molar-refractivity contribution in [2.45, 2.75) is 20.4 Å². The Labute approximate surface area is 154 Å². The van der Waals surface area contributed by atoms with Crippen molar-refractivity contribution in [1.29, 1.82) is 0 Å². The number of halogens is 1. The molecule has 26 heavy (non-hydrogen) atoms. The largest absolute Gasteiger partial charge is 0.484 e. The number of nitrogens with one attached hydrogen (secondary N) is 1. The molecule has 0 atom stereocenters. The van der Waals surface area contributed by atoms with Crippen molar-refractivity contribution in [2.75, 3.05) is 13.2 Å². The number of nitrogens with zero attached hydrogens (tertiary/aromatic N) is 5. The van der Waals surface area contributed by atoms with Gasteiger partial charge in [-0.15, -0.1) is 5.10 Å². The Bertz CT molecular complexity index is 907. The van der Waals surface area contributed by atoms with Crippen LogP contribution in [0.2, 0.25) is 5.02 Å². The van der Waals surface area contributed by atoms with E-state index in [0.717, 1.165) is 5.56 Å². The Kier molecular flexibility index (Phi) is 5.47. The Hall–Kier alpha value is -2.94. The Balaban J connectivity index is 1.43. The molecule has 1 N–H and O–H groups in total. The fraction of sp³-hybridized carbons (Fsp3) is 0.312. The van der Waals surface area contributed by atoms with Crippen LogP contribution in [-0.2, 0) is 11.3 Å². The third-order valence-electron chi connectivity index (χ3n) is 3.44. The van der Waals surface area contributed by atoms with Crippen LogP contribution < -0.4 is 10.1 Å². The maximum Gasteiger partial charge on any atom is 0.280 e. The molecule has 0 fully saturated rings. The van der Waals surface area contributed by atoms with Crippen LogP contribution in [0, 0.1) is 13.8 Å². The first-order chi connectivity index (χ1) is 12.5. The van der Waals surface area contributed by atoms with Crippen LogP contribution in [0.1, 0.15) is 11.4 Å². The summed E-state index contributed by atoms with van der Waals surface area (Å²) >= 11 is 5.89. The van der Waals surface area contributed by atoms with Crippen molar-refractivity contribution in [1.82, 2.24) is 30.5 Å². The summed E-state index contributed by atoms with van der Waals surface area (Å²) < 4.78 is 12.1. The molecule has 0 unspecified atom stereocenters. The smallest absolute Gasteiger partial charge is 0.280 e. The molecule has 9 nitrogen and oxygen atoms in total. The number of carbonyl (C=O) groups is 1. The Morgan fingerprint density at radius 3 is 2.96 bits per heavy atom. The quantitative estimate of drug-likeness (QED) is 0.669. The predicted molar refractivity (Wildman–Crippen MR) is 92.7 cm³/mol. The van der Waals surface area contributed by atoms with Crippen LogP contribution in [0.4, 0.5) is 0 Å². The van der Waals surface area contributed by atoms with Crippen molar-refractivity contribution in [3.8, 4) is 17.3 Å². The summed E-state index contributed by atoms with van der Waals surface area (Å²) in [4.78, 5) is 16.0. The van der Waals surface area contributed by atoms with Gasteiger partial charge in [0.1, 0.15) is 5.75 Å². The van der Waals surface area contributed by atoms with E-state index in [1.54, 1.807) is 36.0 Å². The molecule has 0 saturated heterocycles. The average Bonchev–Trinajstić information content (AvgIpc) is 3.23. The lowest BCUT2D eigenvalue weighted by Crippen LogP contribution is -2.31. The molecule has 0 saturated carbocycles. The van der Waals surface area contributed by atoms with E-state index in [0.29, 0.717) is 41.3 Å². The number of hydrogen-bond acceptors (Lipinski definition) is 7. The molecule has 3 aromatic rings. The zero-order valence-corrected chi connectivity index (χ0v) is 15.0. The second-order valence-electron chi connectivity index (χ2n) is 5.56. The van der Waals surface area contributed by atoms with Gasteiger partial charge in [-0.3, -0.25) is 4.79 Å². The highest BCUT2D eigenvalue weighted by Crippen LogP contribution is 2.21. The molecule has 0 spiro atoms. The van der Waals surface area contributed by atoms with E-state index >= 15 is 0 Å². The number of hydrogen-bond donors (Lipinski definition) is 1. The van der Waals surface area contributed by atoms with Crippen molar-refractivity contribution >= 4 is 17.5 Å². The standard InChI is InChI=1S/C16H17ClN6O3/c1-10-7-12(17)3-4-14(10)25-9-15(24)18-5-6-23-8-13(20-22-23)16-19-11(2)21-26-16/h3-4,7-8H,5-6,9H2,1-2H3,(H,18,24). The summed E-state index contributed by atoms with van der Waals surface area (Å²) in [6, 6.07) is 5.23. The number of aryl methyl sites for hydroxylation is 2. The Morgan fingerprint density at radius 1 is 1.38 bits per heavy atom. The molecule has 136 valence electrons. The van der Waals surface area contributed by atoms with Crippen molar-refractivity contribution < 1.29 is 14.1 Å². The summed E-state index contributed by atoms with van der Waals surface area (Å²) in [5, 5.41) is 15.0. The topological polar surface area (TPSA) is 108 Å². The predicted octanol–water partition coefficient (Wildman–Crippen LogP) is 1.79. The number of ether oxygens (including phenoxy) is 1. The van der Waals surface area contributed by atoms with Gasteiger partial charge in [-0.05, 0) is 37.6 Å². The zero-order valence-electron chi connectivity index (χ0n) is 14.3. The molecule has 0 bridgehead atoms. The van der Waals surface area contributed by atoms with E-state index < -0.39 is 0 Å². The first-order valence-corrected chi connectivity index (χ1v) is 8.25. The highest BCUT2D eigenvalue weighted by atomic mass is 35.5. The zero-order chi connectivity index (χ0) is 18.5. The molecule has 1 amide bonds. The fourth-order valence-electron chi connectivity index (χ4n) is 2.19. The molecule has 2 heterocycles. The van der Waals surface area contributed by atoms with Gasteiger partial charge in [0.15, 0.2) is 18.1 Å². The van der Waals surface area contributed by atoms with E-state index in [1.165, 1.54) is 0 Å². The van der Waals surface area contributed by atoms with Gasteiger partial charge < -0.3 is 14.6 Å². The van der Waals surface area contributed by atoms with Gasteiger partial charge in [0, 0.05) is 11.6 Å². The molecule has 3 rings (SSSR count). The summed E-state index contributed by atoms with van der Waals surface area (Å²) in [5.74, 6) is 1.23. The van der Waals surface area contributed by atoms with Crippen LogP contribution in [0.5, 0.6) is 5.75 Å². The van der Waals surface area contributed by atoms with E-state index in [9.17, 15) is 4.79 Å². The first-order valence-electron chi connectivity index (χ1n) is 7.88. The van der Waals surface area contributed by atoms with Gasteiger partial charge in [-0.2, -0.15) is 4.98 Å². The molecule has 2 aromatic heterocycles. The van der Waals surface area contributed by atoms with E-state index in [2.05, 4.69) is 25.8 Å². The minimum atomic E-state index is -0.229. The van der Waals surface area contributed by atoms with Crippen LogP contribution in [0.3, 0.4) is 0 Å². The summed E-state index contributed by atoms with van der Waals surface area (Å²) in [5.41, 5.74) is 1.36. The van der Waals surface area contributed by atoms with Crippen LogP contribution in [0.25, 0.3) is 11.6 Å². The van der Waals surface area contributed by atoms with Crippen molar-refractivity contribution in [3.05, 3.63) is 40.8 Å². The third-order valence-corrected chi connectivity index (χ3v) is 3.68. The number of aromatic nitrogens is 5. The monoisotopic (exact) mass is 376 g/mol. The number of benzene rings is 1. The first kappa shape index (κ1) is 17.9. The molecular weight excluding hydrogens is 360 g/mol. The lowest BCUT2D eigenvalue weighted by molar-refractivity contribution is -0.123. The Morgan fingerprint density at radius 2 is 2.23 bits per heavy atom. The average molecular weight is 377 g/mol. The number of carbonyl (C=O) groups excluding carboxylic acids is 1. The number of amides is 1. The maximum absolute atomic E-state index is 11.9. The second kappa shape index (κ2) is 7.96. The molecular formula is C16H17ClN6O3. The van der Waals surface area contributed by atoms with Gasteiger partial charge >= 0.3 is 0 Å². The van der Waals surface area contributed by atoms with Crippen LogP contribution >= 0.6 is 11.6 Å². The molecule has 0 radical (unpaired) electrons. The fourth-order valence-corrected chi connectivity index (χ4v) is 2.41.